The molecule has 4 fully saturated rings. The van der Waals surface area contributed by atoms with Crippen LogP contribution in [0.25, 0.3) is 5.65 Å². The second-order valence-corrected chi connectivity index (χ2v) is 8.40. The second kappa shape index (κ2) is 5.18. The molecule has 2 heterocycles. The minimum Gasteiger partial charge on any atom is -0.349 e. The molecule has 2 aromatic heterocycles. The molecule has 0 spiro atoms. The third-order valence-electron chi connectivity index (χ3n) is 6.38. The van der Waals surface area contributed by atoms with E-state index >= 15 is 0 Å². The highest BCUT2D eigenvalue weighted by molar-refractivity contribution is 6.30. The van der Waals surface area contributed by atoms with E-state index in [0.29, 0.717) is 34.0 Å². The molecule has 6 rings (SSSR count). The first-order valence-electron chi connectivity index (χ1n) is 8.78. The molecule has 1 N–H and O–H groups in total. The Bertz CT molecular complexity index is 900. The lowest BCUT2D eigenvalue weighted by atomic mass is 9.48. The largest absolute Gasteiger partial charge is 0.349 e. The van der Waals surface area contributed by atoms with Crippen molar-refractivity contribution in [3.05, 3.63) is 29.2 Å². The van der Waals surface area contributed by atoms with Gasteiger partial charge < -0.3 is 5.32 Å². The van der Waals surface area contributed by atoms with Gasteiger partial charge in [-0.15, -0.1) is 0 Å². The van der Waals surface area contributed by atoms with Gasteiger partial charge in [0, 0.05) is 12.2 Å². The second-order valence-electron chi connectivity index (χ2n) is 7.96. The Balaban J connectivity index is 1.40. The van der Waals surface area contributed by atoms with E-state index in [2.05, 4.69) is 21.5 Å². The van der Waals surface area contributed by atoms with Gasteiger partial charge in [-0.25, -0.2) is 9.50 Å². The number of aromatic nitrogens is 3. The van der Waals surface area contributed by atoms with Crippen LogP contribution in [0.1, 0.15) is 42.5 Å². The summed E-state index contributed by atoms with van der Waals surface area (Å²) in [4.78, 5) is 17.1. The summed E-state index contributed by atoms with van der Waals surface area (Å²) in [6.07, 6.45) is 9.86. The summed E-state index contributed by atoms with van der Waals surface area (Å²) >= 11 is 5.92. The Labute approximate surface area is 150 Å². The fraction of sp³-hybridized carbons (Fsp3) is 0.556. The summed E-state index contributed by atoms with van der Waals surface area (Å²) in [6.45, 7) is 0. The van der Waals surface area contributed by atoms with Crippen LogP contribution in [0.4, 0.5) is 0 Å². The van der Waals surface area contributed by atoms with Gasteiger partial charge >= 0.3 is 0 Å². The minimum atomic E-state index is -0.138. The van der Waals surface area contributed by atoms with Crippen LogP contribution in [0.2, 0.25) is 5.02 Å². The maximum atomic E-state index is 12.8. The molecule has 6 nitrogen and oxygen atoms in total. The number of carbonyl (C=O) groups excluding carboxylic acids is 1. The molecule has 4 bridgehead atoms. The van der Waals surface area contributed by atoms with Crippen molar-refractivity contribution in [2.45, 2.75) is 38.1 Å². The van der Waals surface area contributed by atoms with Crippen molar-refractivity contribution in [1.82, 2.24) is 19.9 Å². The Kier molecular flexibility index (Phi) is 3.14. The number of nitrogens with one attached hydrogen (secondary N) is 1. The number of carbonyl (C=O) groups is 1. The summed E-state index contributed by atoms with van der Waals surface area (Å²) in [6, 6.07) is 2.75. The predicted octanol–water partition coefficient (Wildman–Crippen LogP) is 2.83. The molecule has 25 heavy (non-hydrogen) atoms. The SMILES string of the molecule is N#CC12CC3CC(C1)C(NC(=O)c1cnn4cc(Cl)cnc14)C(C3)C2. The van der Waals surface area contributed by atoms with Crippen LogP contribution >= 0.6 is 11.6 Å². The molecule has 0 radical (unpaired) electrons. The smallest absolute Gasteiger partial charge is 0.257 e. The van der Waals surface area contributed by atoms with Gasteiger partial charge in [-0.05, 0) is 49.9 Å². The molecule has 2 atom stereocenters. The molecule has 4 aliphatic rings. The van der Waals surface area contributed by atoms with Crippen molar-refractivity contribution >= 4 is 23.2 Å². The molecular formula is C18H18ClN5O. The first kappa shape index (κ1) is 15.2. The fourth-order valence-corrected chi connectivity index (χ4v) is 5.78. The minimum absolute atomic E-state index is 0.131. The Morgan fingerprint density at radius 3 is 2.80 bits per heavy atom. The standard InChI is InChI=1S/C18H18ClN5O/c19-13-6-21-16-14(7-22-24(16)8-13)17(25)23-15-11-1-10-2-12(15)5-18(3-10,4-11)9-20/h6-8,10-12,15H,1-5H2,(H,23,25). The molecule has 4 aliphatic carbocycles. The van der Waals surface area contributed by atoms with E-state index in [1.165, 1.54) is 10.7 Å². The fourth-order valence-electron chi connectivity index (χ4n) is 5.64. The molecule has 4 saturated carbocycles. The number of fused-ring (bicyclic) bond motifs is 1. The third kappa shape index (κ3) is 2.26. The van der Waals surface area contributed by atoms with Gasteiger partial charge in [0.1, 0.15) is 5.56 Å². The van der Waals surface area contributed by atoms with Crippen LogP contribution in [0.15, 0.2) is 18.6 Å². The highest BCUT2D eigenvalue weighted by Gasteiger charge is 2.56. The molecular weight excluding hydrogens is 338 g/mol. The molecule has 128 valence electrons. The zero-order valence-electron chi connectivity index (χ0n) is 13.7. The van der Waals surface area contributed by atoms with Crippen molar-refractivity contribution in [3.8, 4) is 6.07 Å². The number of nitriles is 1. The Morgan fingerprint density at radius 2 is 2.08 bits per heavy atom. The van der Waals surface area contributed by atoms with Crippen LogP contribution in [-0.4, -0.2) is 26.5 Å². The molecule has 2 aromatic rings. The zero-order chi connectivity index (χ0) is 17.2. The van der Waals surface area contributed by atoms with Gasteiger partial charge in [-0.2, -0.15) is 10.4 Å². The van der Waals surface area contributed by atoms with Crippen molar-refractivity contribution < 1.29 is 4.79 Å². The summed E-state index contributed by atoms with van der Waals surface area (Å²) in [5.41, 5.74) is 0.847. The van der Waals surface area contributed by atoms with Gasteiger partial charge in [0.25, 0.3) is 5.91 Å². The normalized spacial score (nSPS) is 35.7. The van der Waals surface area contributed by atoms with E-state index in [1.54, 1.807) is 12.4 Å². The molecule has 2 unspecified atom stereocenters. The van der Waals surface area contributed by atoms with Crippen LogP contribution in [0.5, 0.6) is 0 Å². The third-order valence-corrected chi connectivity index (χ3v) is 6.57. The van der Waals surface area contributed by atoms with Gasteiger partial charge in [-0.1, -0.05) is 11.6 Å². The van der Waals surface area contributed by atoms with E-state index in [4.69, 9.17) is 11.6 Å². The number of amides is 1. The van der Waals surface area contributed by atoms with E-state index in [1.807, 2.05) is 0 Å². The van der Waals surface area contributed by atoms with Gasteiger partial charge in [-0.3, -0.25) is 4.79 Å². The molecule has 7 heteroatoms. The molecule has 0 aliphatic heterocycles. The lowest BCUT2D eigenvalue weighted by Crippen LogP contribution is -2.58. The average Bonchev–Trinajstić information content (AvgIpc) is 3.00. The lowest BCUT2D eigenvalue weighted by Gasteiger charge is -2.57. The quantitative estimate of drug-likeness (QED) is 0.897. The van der Waals surface area contributed by atoms with Gasteiger partial charge in [0.05, 0.1) is 28.9 Å². The average molecular weight is 356 g/mol. The summed E-state index contributed by atoms with van der Waals surface area (Å²) < 4.78 is 1.53. The first-order valence-corrected chi connectivity index (χ1v) is 9.16. The number of rotatable bonds is 2. The van der Waals surface area contributed by atoms with Crippen LogP contribution in [0, 0.1) is 34.5 Å². The summed E-state index contributed by atoms with van der Waals surface area (Å²) in [5.74, 6) is 1.36. The molecule has 0 aromatic carbocycles. The maximum Gasteiger partial charge on any atom is 0.257 e. The highest BCUT2D eigenvalue weighted by atomic mass is 35.5. The van der Waals surface area contributed by atoms with E-state index in [9.17, 15) is 10.1 Å². The lowest BCUT2D eigenvalue weighted by molar-refractivity contribution is -0.0451. The topological polar surface area (TPSA) is 83.1 Å². The van der Waals surface area contributed by atoms with Gasteiger partial charge in [0.15, 0.2) is 5.65 Å². The van der Waals surface area contributed by atoms with E-state index in [0.717, 1.165) is 32.1 Å². The Morgan fingerprint density at radius 1 is 1.32 bits per heavy atom. The van der Waals surface area contributed by atoms with Crippen molar-refractivity contribution in [2.75, 3.05) is 0 Å². The van der Waals surface area contributed by atoms with Crippen molar-refractivity contribution in [3.63, 3.8) is 0 Å². The van der Waals surface area contributed by atoms with Gasteiger partial charge in [0.2, 0.25) is 0 Å². The van der Waals surface area contributed by atoms with Crippen molar-refractivity contribution in [2.24, 2.45) is 23.2 Å². The van der Waals surface area contributed by atoms with Crippen LogP contribution in [-0.2, 0) is 0 Å². The molecule has 0 saturated heterocycles. The van der Waals surface area contributed by atoms with E-state index in [-0.39, 0.29) is 17.4 Å². The van der Waals surface area contributed by atoms with Crippen LogP contribution < -0.4 is 5.32 Å². The molecule has 1 amide bonds. The van der Waals surface area contributed by atoms with Crippen LogP contribution in [0.3, 0.4) is 0 Å². The zero-order valence-corrected chi connectivity index (χ0v) is 14.4. The van der Waals surface area contributed by atoms with E-state index < -0.39 is 0 Å². The summed E-state index contributed by atoms with van der Waals surface area (Å²) in [5, 5.41) is 17.5. The number of hydrogen-bond acceptors (Lipinski definition) is 4. The number of halogens is 1. The van der Waals surface area contributed by atoms with Crippen molar-refractivity contribution in [1.29, 1.82) is 5.26 Å². The highest BCUT2D eigenvalue weighted by Crippen LogP contribution is 2.59. The number of hydrogen-bond donors (Lipinski definition) is 1. The Hall–Kier alpha value is -2.13. The number of nitrogens with zero attached hydrogens (tertiary/aromatic N) is 4. The predicted molar refractivity (Wildman–Crippen MR) is 90.9 cm³/mol. The monoisotopic (exact) mass is 355 g/mol. The summed E-state index contributed by atoms with van der Waals surface area (Å²) in [7, 11) is 0. The first-order chi connectivity index (χ1) is 12.1. The maximum absolute atomic E-state index is 12.8.